The quantitative estimate of drug-likeness (QED) is 0.731. The predicted octanol–water partition coefficient (Wildman–Crippen LogP) is 4.77. The van der Waals surface area contributed by atoms with Crippen molar-refractivity contribution in [2.24, 2.45) is 0 Å². The zero-order valence-electron chi connectivity index (χ0n) is 14.5. The number of rotatable bonds is 4. The Morgan fingerprint density at radius 1 is 1.26 bits per heavy atom. The summed E-state index contributed by atoms with van der Waals surface area (Å²) in [6.07, 6.45) is 3.26. The van der Waals surface area contributed by atoms with E-state index in [-0.39, 0.29) is 18.2 Å². The highest BCUT2D eigenvalue weighted by Gasteiger charge is 2.46. The van der Waals surface area contributed by atoms with Gasteiger partial charge in [-0.2, -0.15) is 0 Å². The van der Waals surface area contributed by atoms with E-state index >= 15 is 0 Å². The molecule has 1 aliphatic carbocycles. The Kier molecular flexibility index (Phi) is 5.74. The lowest BCUT2D eigenvalue weighted by Crippen LogP contribution is -2.47. The Morgan fingerprint density at radius 3 is 2.43 bits per heavy atom. The largest absolute Gasteiger partial charge is 0.431 e. The molecule has 0 heterocycles. The fourth-order valence-electron chi connectivity index (χ4n) is 3.32. The first-order chi connectivity index (χ1) is 10.8. The van der Waals surface area contributed by atoms with Crippen LogP contribution in [0.15, 0.2) is 24.3 Å². The molecule has 2 rings (SSSR count). The molecule has 1 aliphatic rings. The van der Waals surface area contributed by atoms with Crippen molar-refractivity contribution < 1.29 is 9.53 Å². The second-order valence-corrected chi connectivity index (χ2v) is 7.92. The predicted molar refractivity (Wildman–Crippen MR) is 101 cm³/mol. The van der Waals surface area contributed by atoms with E-state index in [4.69, 9.17) is 17.0 Å². The molecule has 23 heavy (non-hydrogen) atoms. The minimum atomic E-state index is -0.787. The van der Waals surface area contributed by atoms with Crippen LogP contribution in [0.4, 0.5) is 4.79 Å². The van der Waals surface area contributed by atoms with Gasteiger partial charge in [0.2, 0.25) is 0 Å². The van der Waals surface area contributed by atoms with Gasteiger partial charge in [0.25, 0.3) is 0 Å². The van der Waals surface area contributed by atoms with Gasteiger partial charge < -0.3 is 9.64 Å². The van der Waals surface area contributed by atoms with Crippen molar-refractivity contribution in [1.29, 1.82) is 0 Å². The number of hydrogen-bond donors (Lipinski definition) is 0. The van der Waals surface area contributed by atoms with Crippen LogP contribution in [-0.2, 0) is 16.8 Å². The van der Waals surface area contributed by atoms with Gasteiger partial charge in [0.05, 0.1) is 4.20 Å². The zero-order valence-corrected chi connectivity index (χ0v) is 16.1. The average Bonchev–Trinajstić information content (AvgIpc) is 2.86. The maximum Gasteiger partial charge on any atom is 0.411 e. The number of benzene rings is 1. The van der Waals surface area contributed by atoms with Gasteiger partial charge in [0.15, 0.2) is 5.60 Å². The first kappa shape index (κ1) is 18.3. The summed E-state index contributed by atoms with van der Waals surface area (Å²) in [6, 6.07) is 8.30. The molecule has 0 saturated heterocycles. The molecule has 0 N–H and O–H groups in total. The molecule has 1 atom stereocenters. The number of amides is 1. The van der Waals surface area contributed by atoms with Gasteiger partial charge in [0, 0.05) is 24.1 Å². The van der Waals surface area contributed by atoms with Crippen molar-refractivity contribution in [2.45, 2.75) is 58.2 Å². The van der Waals surface area contributed by atoms with Crippen LogP contribution in [0.1, 0.15) is 45.2 Å². The van der Waals surface area contributed by atoms with Crippen molar-refractivity contribution in [3.05, 3.63) is 35.4 Å². The molecular formula is C18H25NO2S2. The van der Waals surface area contributed by atoms with Gasteiger partial charge in [-0.3, -0.25) is 0 Å². The number of fused-ring (bicyclic) bond motifs is 1. The highest BCUT2D eigenvalue weighted by Crippen LogP contribution is 2.44. The van der Waals surface area contributed by atoms with Crippen molar-refractivity contribution >= 4 is 34.3 Å². The van der Waals surface area contributed by atoms with Crippen molar-refractivity contribution in [2.75, 3.05) is 6.26 Å². The van der Waals surface area contributed by atoms with Crippen LogP contribution in [0.25, 0.3) is 0 Å². The summed E-state index contributed by atoms with van der Waals surface area (Å²) < 4.78 is 6.81. The van der Waals surface area contributed by atoms with E-state index in [0.29, 0.717) is 0 Å². The van der Waals surface area contributed by atoms with Gasteiger partial charge >= 0.3 is 6.09 Å². The molecular weight excluding hydrogens is 326 g/mol. The third-order valence-corrected chi connectivity index (χ3v) is 5.83. The van der Waals surface area contributed by atoms with E-state index in [0.717, 1.165) is 22.6 Å². The van der Waals surface area contributed by atoms with E-state index in [1.54, 1.807) is 4.90 Å². The first-order valence-corrected chi connectivity index (χ1v) is 9.65. The summed E-state index contributed by atoms with van der Waals surface area (Å²) in [6.45, 7) is 8.01. The van der Waals surface area contributed by atoms with Gasteiger partial charge in [-0.1, -0.05) is 36.5 Å². The number of hydrogen-bond acceptors (Lipinski definition) is 4. The summed E-state index contributed by atoms with van der Waals surface area (Å²) in [5, 5.41) is 0. The van der Waals surface area contributed by atoms with Gasteiger partial charge in [0.1, 0.15) is 0 Å². The number of thiocarbonyl (C=S) groups is 1. The monoisotopic (exact) mass is 351 g/mol. The van der Waals surface area contributed by atoms with Gasteiger partial charge in [-0.25, -0.2) is 4.79 Å². The summed E-state index contributed by atoms with van der Waals surface area (Å²) in [5.74, 6) is 0. The van der Waals surface area contributed by atoms with Crippen LogP contribution < -0.4 is 0 Å². The Labute approximate surface area is 148 Å². The zero-order chi connectivity index (χ0) is 17.2. The fraction of sp³-hybridized carbons (Fsp3) is 0.556. The van der Waals surface area contributed by atoms with Crippen LogP contribution in [0.5, 0.6) is 0 Å². The van der Waals surface area contributed by atoms with Crippen LogP contribution in [0.2, 0.25) is 0 Å². The Hall–Kier alpha value is -1.07. The van der Waals surface area contributed by atoms with Gasteiger partial charge in [-0.05, 0) is 45.9 Å². The Morgan fingerprint density at radius 2 is 1.87 bits per heavy atom. The van der Waals surface area contributed by atoms with E-state index < -0.39 is 5.60 Å². The smallest absolute Gasteiger partial charge is 0.411 e. The van der Waals surface area contributed by atoms with Crippen LogP contribution in [-0.4, -0.2) is 33.5 Å². The standard InChI is InChI=1S/C18H25NO2S2/c1-12(2)19(13(3)4)17(20)21-18(16(22)23-5)11-10-14-8-6-7-9-15(14)18/h6-9,12-13H,10-11H2,1-5H3/t18-/m0/s1. The number of carbonyl (C=O) groups excluding carboxylic acids is 1. The van der Waals surface area contributed by atoms with E-state index in [9.17, 15) is 4.79 Å². The molecule has 0 fully saturated rings. The summed E-state index contributed by atoms with van der Waals surface area (Å²) in [5.41, 5.74) is 1.47. The lowest BCUT2D eigenvalue weighted by molar-refractivity contribution is 0.0199. The minimum absolute atomic E-state index is 0.0825. The van der Waals surface area contributed by atoms with Crippen LogP contribution >= 0.6 is 24.0 Å². The molecule has 0 aromatic heterocycles. The SMILES string of the molecule is CSC(=S)[C@]1(OC(=O)N(C(C)C)C(C)C)CCc2ccccc21. The maximum atomic E-state index is 12.9. The Bertz CT molecular complexity index is 592. The molecule has 126 valence electrons. The highest BCUT2D eigenvalue weighted by atomic mass is 32.2. The topological polar surface area (TPSA) is 29.5 Å². The molecule has 0 aliphatic heterocycles. The van der Waals surface area contributed by atoms with Crippen LogP contribution in [0.3, 0.4) is 0 Å². The first-order valence-electron chi connectivity index (χ1n) is 8.01. The molecule has 0 unspecified atom stereocenters. The second-order valence-electron chi connectivity index (χ2n) is 6.44. The number of aryl methyl sites for hydroxylation is 1. The summed E-state index contributed by atoms with van der Waals surface area (Å²) in [7, 11) is 0. The maximum absolute atomic E-state index is 12.9. The molecule has 0 spiro atoms. The van der Waals surface area contributed by atoms with E-state index in [1.165, 1.54) is 17.3 Å². The van der Waals surface area contributed by atoms with Crippen molar-refractivity contribution in [1.82, 2.24) is 4.90 Å². The molecule has 5 heteroatoms. The summed E-state index contributed by atoms with van der Waals surface area (Å²) in [4.78, 5) is 14.6. The molecule has 3 nitrogen and oxygen atoms in total. The van der Waals surface area contributed by atoms with Crippen molar-refractivity contribution in [3.63, 3.8) is 0 Å². The average molecular weight is 352 g/mol. The normalized spacial score (nSPS) is 19.8. The Balaban J connectivity index is 2.39. The van der Waals surface area contributed by atoms with Gasteiger partial charge in [-0.15, -0.1) is 11.8 Å². The van der Waals surface area contributed by atoms with E-state index in [2.05, 4.69) is 6.07 Å². The number of nitrogens with zero attached hydrogens (tertiary/aromatic N) is 1. The molecule has 1 aromatic rings. The number of thioether (sulfide) groups is 1. The molecule has 0 saturated carbocycles. The lowest BCUT2D eigenvalue weighted by Gasteiger charge is -2.36. The lowest BCUT2D eigenvalue weighted by atomic mass is 9.98. The van der Waals surface area contributed by atoms with E-state index in [1.807, 2.05) is 52.1 Å². The summed E-state index contributed by atoms with van der Waals surface area (Å²) >= 11 is 7.10. The second kappa shape index (κ2) is 7.22. The molecule has 1 amide bonds. The molecule has 0 bridgehead atoms. The molecule has 1 aromatic carbocycles. The highest BCUT2D eigenvalue weighted by molar-refractivity contribution is 8.22. The minimum Gasteiger partial charge on any atom is -0.431 e. The van der Waals surface area contributed by atoms with Crippen LogP contribution in [0, 0.1) is 0 Å². The fourth-order valence-corrected chi connectivity index (χ4v) is 4.16. The third-order valence-electron chi connectivity index (χ3n) is 4.30. The third kappa shape index (κ3) is 3.41. The van der Waals surface area contributed by atoms with Crippen molar-refractivity contribution in [3.8, 4) is 0 Å². The number of carbonyl (C=O) groups is 1. The molecule has 0 radical (unpaired) electrons. The number of ether oxygens (including phenoxy) is 1.